The predicted molar refractivity (Wildman–Crippen MR) is 71.8 cm³/mol. The first kappa shape index (κ1) is 12.2. The molecule has 2 aromatic heterocycles. The monoisotopic (exact) mass is 247 g/mol. The molecule has 17 heavy (non-hydrogen) atoms. The van der Waals surface area contributed by atoms with Crippen LogP contribution in [0.25, 0.3) is 0 Å². The van der Waals surface area contributed by atoms with E-state index < -0.39 is 0 Å². The van der Waals surface area contributed by atoms with Crippen molar-refractivity contribution in [2.24, 2.45) is 5.84 Å². The lowest BCUT2D eigenvalue weighted by Crippen LogP contribution is -2.29. The summed E-state index contributed by atoms with van der Waals surface area (Å²) in [5.41, 5.74) is 7.46. The molecule has 2 rings (SSSR count). The average Bonchev–Trinajstić information content (AvgIpc) is 2.77. The van der Waals surface area contributed by atoms with Crippen LogP contribution in [0, 0.1) is 13.8 Å². The van der Waals surface area contributed by atoms with E-state index in [1.807, 2.05) is 13.8 Å². The van der Waals surface area contributed by atoms with Crippen molar-refractivity contribution in [3.05, 3.63) is 51.5 Å². The molecule has 0 saturated heterocycles. The van der Waals surface area contributed by atoms with Crippen LogP contribution in [0.5, 0.6) is 0 Å². The summed E-state index contributed by atoms with van der Waals surface area (Å²) < 4.78 is 0. The molecule has 1 atom stereocenters. The van der Waals surface area contributed by atoms with Gasteiger partial charge in [-0.1, -0.05) is 0 Å². The molecule has 0 aliphatic heterocycles. The molecule has 2 heterocycles. The maximum atomic E-state index is 5.65. The van der Waals surface area contributed by atoms with Crippen molar-refractivity contribution < 1.29 is 0 Å². The third-order valence-electron chi connectivity index (χ3n) is 2.73. The number of nitrogens with zero attached hydrogens (tertiary/aromatic N) is 1. The van der Waals surface area contributed by atoms with E-state index in [9.17, 15) is 0 Å². The lowest BCUT2D eigenvalue weighted by atomic mass is 10.0. The summed E-state index contributed by atoms with van der Waals surface area (Å²) in [4.78, 5) is 4.38. The van der Waals surface area contributed by atoms with E-state index in [4.69, 9.17) is 5.84 Å². The van der Waals surface area contributed by atoms with Crippen LogP contribution < -0.4 is 11.3 Å². The SMILES string of the molecule is Cc1cc(C(Cc2ccsc2)NN)cc(C)n1. The van der Waals surface area contributed by atoms with Gasteiger partial charge in [-0.15, -0.1) is 0 Å². The van der Waals surface area contributed by atoms with E-state index in [2.05, 4.69) is 39.4 Å². The molecule has 0 radical (unpaired) electrons. The molecule has 0 saturated carbocycles. The van der Waals surface area contributed by atoms with Gasteiger partial charge in [-0.3, -0.25) is 16.3 Å². The normalized spacial score (nSPS) is 12.6. The van der Waals surface area contributed by atoms with Crippen LogP contribution in [0.3, 0.4) is 0 Å². The first-order valence-electron chi connectivity index (χ1n) is 5.61. The molecule has 0 aliphatic carbocycles. The molecule has 0 aromatic carbocycles. The zero-order valence-corrected chi connectivity index (χ0v) is 10.9. The molecule has 2 aromatic rings. The van der Waals surface area contributed by atoms with Crippen LogP contribution >= 0.6 is 11.3 Å². The second-order valence-corrected chi connectivity index (χ2v) is 5.02. The number of hydrogen-bond acceptors (Lipinski definition) is 4. The van der Waals surface area contributed by atoms with Crippen LogP contribution in [0.4, 0.5) is 0 Å². The van der Waals surface area contributed by atoms with E-state index in [1.165, 1.54) is 11.1 Å². The van der Waals surface area contributed by atoms with Crippen molar-refractivity contribution in [3.63, 3.8) is 0 Å². The maximum absolute atomic E-state index is 5.65. The number of thiophene rings is 1. The molecular formula is C13H17N3S. The number of hydrogen-bond donors (Lipinski definition) is 2. The minimum Gasteiger partial charge on any atom is -0.271 e. The third kappa shape index (κ3) is 3.12. The fourth-order valence-electron chi connectivity index (χ4n) is 1.99. The van der Waals surface area contributed by atoms with E-state index in [-0.39, 0.29) is 6.04 Å². The van der Waals surface area contributed by atoms with Gasteiger partial charge >= 0.3 is 0 Å². The average molecular weight is 247 g/mol. The second-order valence-electron chi connectivity index (χ2n) is 4.24. The number of hydrazine groups is 1. The lowest BCUT2D eigenvalue weighted by Gasteiger charge is -2.16. The number of aromatic nitrogens is 1. The summed E-state index contributed by atoms with van der Waals surface area (Å²) in [7, 11) is 0. The molecule has 1 unspecified atom stereocenters. The van der Waals surface area contributed by atoms with Crippen LogP contribution in [0.2, 0.25) is 0 Å². The van der Waals surface area contributed by atoms with Gasteiger partial charge in [0.15, 0.2) is 0 Å². The molecule has 3 nitrogen and oxygen atoms in total. The zero-order valence-electron chi connectivity index (χ0n) is 10.1. The predicted octanol–water partition coefficient (Wildman–Crippen LogP) is 2.51. The number of nitrogens with two attached hydrogens (primary N) is 1. The van der Waals surface area contributed by atoms with Crippen molar-refractivity contribution in [3.8, 4) is 0 Å². The standard InChI is InChI=1S/C13H17N3S/c1-9-5-12(6-10(2)15-9)13(16-14)7-11-3-4-17-8-11/h3-6,8,13,16H,7,14H2,1-2H3. The number of rotatable bonds is 4. The van der Waals surface area contributed by atoms with Crippen molar-refractivity contribution in [1.82, 2.24) is 10.4 Å². The third-order valence-corrected chi connectivity index (χ3v) is 3.46. The van der Waals surface area contributed by atoms with Gasteiger partial charge in [-0.25, -0.2) is 0 Å². The van der Waals surface area contributed by atoms with Gasteiger partial charge in [0, 0.05) is 11.4 Å². The zero-order chi connectivity index (χ0) is 12.3. The summed E-state index contributed by atoms with van der Waals surface area (Å²) in [5.74, 6) is 5.65. The largest absolute Gasteiger partial charge is 0.271 e. The fourth-order valence-corrected chi connectivity index (χ4v) is 2.67. The maximum Gasteiger partial charge on any atom is 0.0501 e. The number of nitrogens with one attached hydrogen (secondary N) is 1. The van der Waals surface area contributed by atoms with Gasteiger partial charge in [0.05, 0.1) is 6.04 Å². The Hall–Kier alpha value is -1.23. The highest BCUT2D eigenvalue weighted by Crippen LogP contribution is 2.20. The fraction of sp³-hybridized carbons (Fsp3) is 0.308. The Morgan fingerprint density at radius 3 is 2.59 bits per heavy atom. The molecular weight excluding hydrogens is 230 g/mol. The summed E-state index contributed by atoms with van der Waals surface area (Å²) in [6.45, 7) is 4.02. The van der Waals surface area contributed by atoms with Gasteiger partial charge in [0.25, 0.3) is 0 Å². The Bertz CT molecular complexity index is 459. The molecule has 0 amide bonds. The van der Waals surface area contributed by atoms with E-state index in [0.717, 1.165) is 17.8 Å². The van der Waals surface area contributed by atoms with Gasteiger partial charge in [-0.05, 0) is 60.4 Å². The van der Waals surface area contributed by atoms with Gasteiger partial charge in [0.2, 0.25) is 0 Å². The second kappa shape index (κ2) is 5.40. The van der Waals surface area contributed by atoms with E-state index in [1.54, 1.807) is 11.3 Å². The Morgan fingerprint density at radius 2 is 2.06 bits per heavy atom. The van der Waals surface area contributed by atoms with Crippen molar-refractivity contribution in [2.45, 2.75) is 26.3 Å². The summed E-state index contributed by atoms with van der Waals surface area (Å²) in [6, 6.07) is 6.45. The quantitative estimate of drug-likeness (QED) is 0.644. The van der Waals surface area contributed by atoms with Gasteiger partial charge in [-0.2, -0.15) is 11.3 Å². The highest BCUT2D eigenvalue weighted by Gasteiger charge is 2.12. The minimum absolute atomic E-state index is 0.144. The molecule has 0 bridgehead atoms. The van der Waals surface area contributed by atoms with Crippen LogP contribution in [0.1, 0.15) is 28.6 Å². The van der Waals surface area contributed by atoms with Crippen molar-refractivity contribution in [1.29, 1.82) is 0 Å². The van der Waals surface area contributed by atoms with Crippen LogP contribution in [-0.2, 0) is 6.42 Å². The van der Waals surface area contributed by atoms with Gasteiger partial charge < -0.3 is 0 Å². The lowest BCUT2D eigenvalue weighted by molar-refractivity contribution is 0.551. The van der Waals surface area contributed by atoms with Crippen LogP contribution in [-0.4, -0.2) is 4.98 Å². The highest BCUT2D eigenvalue weighted by atomic mass is 32.1. The Labute approximate surface area is 106 Å². The van der Waals surface area contributed by atoms with E-state index in [0.29, 0.717) is 0 Å². The molecule has 90 valence electrons. The molecule has 0 spiro atoms. The number of aryl methyl sites for hydroxylation is 2. The highest BCUT2D eigenvalue weighted by molar-refractivity contribution is 7.07. The summed E-state index contributed by atoms with van der Waals surface area (Å²) in [5, 5.41) is 4.25. The first-order valence-corrected chi connectivity index (χ1v) is 6.55. The summed E-state index contributed by atoms with van der Waals surface area (Å²) in [6.07, 6.45) is 0.906. The Kier molecular flexibility index (Phi) is 3.89. The van der Waals surface area contributed by atoms with Gasteiger partial charge in [0.1, 0.15) is 0 Å². The van der Waals surface area contributed by atoms with Crippen molar-refractivity contribution in [2.75, 3.05) is 0 Å². The Balaban J connectivity index is 2.22. The number of pyridine rings is 1. The first-order chi connectivity index (χ1) is 8.19. The molecule has 3 N–H and O–H groups in total. The van der Waals surface area contributed by atoms with E-state index >= 15 is 0 Å². The van der Waals surface area contributed by atoms with Crippen molar-refractivity contribution >= 4 is 11.3 Å². The van der Waals surface area contributed by atoms with Crippen LogP contribution in [0.15, 0.2) is 29.0 Å². The molecule has 4 heteroatoms. The summed E-state index contributed by atoms with van der Waals surface area (Å²) >= 11 is 1.71. The molecule has 0 aliphatic rings. The topological polar surface area (TPSA) is 50.9 Å². The smallest absolute Gasteiger partial charge is 0.0501 e. The minimum atomic E-state index is 0.144. The Morgan fingerprint density at radius 1 is 1.35 bits per heavy atom. The molecule has 0 fully saturated rings.